The Bertz CT molecular complexity index is 757. The fourth-order valence-electron chi connectivity index (χ4n) is 2.28. The lowest BCUT2D eigenvalue weighted by molar-refractivity contribution is -0.117. The molecule has 0 bridgehead atoms. The Balaban J connectivity index is 1.56. The van der Waals surface area contributed by atoms with E-state index in [1.54, 1.807) is 36.4 Å². The second-order valence-corrected chi connectivity index (χ2v) is 6.93. The van der Waals surface area contributed by atoms with Gasteiger partial charge in [-0.05, 0) is 60.4 Å². The van der Waals surface area contributed by atoms with E-state index in [9.17, 15) is 9.59 Å². The third-order valence-electron chi connectivity index (χ3n) is 3.80. The van der Waals surface area contributed by atoms with E-state index >= 15 is 0 Å². The van der Waals surface area contributed by atoms with Crippen molar-refractivity contribution in [1.82, 2.24) is 10.6 Å². The molecule has 0 fully saturated rings. The summed E-state index contributed by atoms with van der Waals surface area (Å²) in [5.74, 6) is -0.297. The third-order valence-corrected chi connectivity index (χ3v) is 4.30. The Labute approximate surface area is 175 Å². The molecule has 0 aliphatic carbocycles. The molecule has 0 atom stereocenters. The number of nitrogens with one attached hydrogen (secondary N) is 2. The number of carbonyl (C=O) groups excluding carboxylic acids is 2. The Morgan fingerprint density at radius 1 is 0.679 bits per heavy atom. The average Bonchev–Trinajstić information content (AvgIpc) is 2.69. The van der Waals surface area contributed by atoms with Gasteiger partial charge in [-0.3, -0.25) is 9.59 Å². The number of benzene rings is 2. The van der Waals surface area contributed by atoms with Crippen LogP contribution >= 0.6 is 23.2 Å². The first-order chi connectivity index (χ1) is 13.5. The predicted octanol–water partition coefficient (Wildman–Crippen LogP) is 4.73. The van der Waals surface area contributed by atoms with Gasteiger partial charge < -0.3 is 10.6 Å². The summed E-state index contributed by atoms with van der Waals surface area (Å²) in [5.41, 5.74) is 1.82. The molecule has 0 heterocycles. The second kappa shape index (κ2) is 12.0. The topological polar surface area (TPSA) is 58.2 Å². The van der Waals surface area contributed by atoms with E-state index in [4.69, 9.17) is 23.2 Å². The molecule has 0 radical (unpaired) electrons. The van der Waals surface area contributed by atoms with Crippen molar-refractivity contribution in [2.24, 2.45) is 0 Å². The van der Waals surface area contributed by atoms with E-state index in [0.29, 0.717) is 23.1 Å². The van der Waals surface area contributed by atoms with E-state index in [1.807, 2.05) is 24.3 Å². The van der Waals surface area contributed by atoms with Crippen LogP contribution < -0.4 is 10.6 Å². The zero-order valence-electron chi connectivity index (χ0n) is 15.3. The molecule has 6 heteroatoms. The van der Waals surface area contributed by atoms with Gasteiger partial charge in [-0.15, -0.1) is 0 Å². The summed E-state index contributed by atoms with van der Waals surface area (Å²) in [6.45, 7) is 1.11. The van der Waals surface area contributed by atoms with Gasteiger partial charge in [-0.1, -0.05) is 47.5 Å². The lowest BCUT2D eigenvalue weighted by atomic mass is 10.2. The molecule has 2 aromatic rings. The number of rotatable bonds is 9. The first-order valence-corrected chi connectivity index (χ1v) is 9.71. The maximum absolute atomic E-state index is 11.8. The Hall–Kier alpha value is -2.56. The minimum Gasteiger partial charge on any atom is -0.353 e. The van der Waals surface area contributed by atoms with Crippen LogP contribution in [0.25, 0.3) is 12.2 Å². The lowest BCUT2D eigenvalue weighted by Gasteiger charge is -2.04. The van der Waals surface area contributed by atoms with Crippen LogP contribution in [0.5, 0.6) is 0 Å². The zero-order valence-corrected chi connectivity index (χ0v) is 16.8. The van der Waals surface area contributed by atoms with Crippen molar-refractivity contribution in [3.63, 3.8) is 0 Å². The summed E-state index contributed by atoms with van der Waals surface area (Å²) in [6.07, 6.45) is 8.01. The fraction of sp³-hybridized carbons (Fsp3) is 0.182. The molecular formula is C22H22Cl2N2O2. The number of carbonyl (C=O) groups is 2. The number of hydrogen-bond donors (Lipinski definition) is 2. The summed E-state index contributed by atoms with van der Waals surface area (Å²) in [7, 11) is 0. The highest BCUT2D eigenvalue weighted by Gasteiger charge is 1.98. The van der Waals surface area contributed by atoms with Gasteiger partial charge in [0.15, 0.2) is 0 Å². The average molecular weight is 417 g/mol. The van der Waals surface area contributed by atoms with E-state index in [0.717, 1.165) is 24.0 Å². The lowest BCUT2D eigenvalue weighted by Crippen LogP contribution is -2.25. The number of unbranched alkanes of at least 4 members (excludes halogenated alkanes) is 1. The largest absolute Gasteiger partial charge is 0.353 e. The Morgan fingerprint density at radius 3 is 1.39 bits per heavy atom. The first kappa shape index (κ1) is 21.7. The van der Waals surface area contributed by atoms with Crippen LogP contribution in [0.2, 0.25) is 10.0 Å². The highest BCUT2D eigenvalue weighted by molar-refractivity contribution is 6.30. The molecule has 28 heavy (non-hydrogen) atoms. The van der Waals surface area contributed by atoms with Crippen molar-refractivity contribution in [2.75, 3.05) is 13.1 Å². The standard InChI is InChI=1S/C22H22Cl2N2O2/c23-19-9-3-17(4-10-19)7-13-21(27)25-15-1-2-16-26-22(28)14-8-18-5-11-20(24)12-6-18/h3-14H,1-2,15-16H2,(H,25,27)(H,26,28). The van der Waals surface area contributed by atoms with E-state index < -0.39 is 0 Å². The van der Waals surface area contributed by atoms with Crippen LogP contribution in [-0.4, -0.2) is 24.9 Å². The summed E-state index contributed by atoms with van der Waals surface area (Å²) in [5, 5.41) is 6.95. The Morgan fingerprint density at radius 2 is 1.04 bits per heavy atom. The van der Waals surface area contributed by atoms with Crippen LogP contribution in [-0.2, 0) is 9.59 Å². The monoisotopic (exact) mass is 416 g/mol. The van der Waals surface area contributed by atoms with Crippen LogP contribution in [0.1, 0.15) is 24.0 Å². The van der Waals surface area contributed by atoms with Crippen molar-refractivity contribution in [1.29, 1.82) is 0 Å². The molecule has 0 unspecified atom stereocenters. The molecule has 2 amide bonds. The minimum absolute atomic E-state index is 0.148. The molecule has 0 saturated carbocycles. The van der Waals surface area contributed by atoms with Gasteiger partial charge in [0, 0.05) is 35.3 Å². The smallest absolute Gasteiger partial charge is 0.243 e. The zero-order chi connectivity index (χ0) is 20.2. The summed E-state index contributed by atoms with van der Waals surface area (Å²) in [6, 6.07) is 14.5. The van der Waals surface area contributed by atoms with E-state index in [1.165, 1.54) is 12.2 Å². The highest BCUT2D eigenvalue weighted by Crippen LogP contribution is 2.11. The molecule has 2 N–H and O–H groups in total. The quantitative estimate of drug-likeness (QED) is 0.458. The van der Waals surface area contributed by atoms with Crippen LogP contribution in [0.3, 0.4) is 0 Å². The van der Waals surface area contributed by atoms with E-state index in [2.05, 4.69) is 10.6 Å². The van der Waals surface area contributed by atoms with Crippen molar-refractivity contribution in [2.45, 2.75) is 12.8 Å². The Kier molecular flexibility index (Phi) is 9.32. The van der Waals surface area contributed by atoms with Gasteiger partial charge >= 0.3 is 0 Å². The molecule has 0 aliphatic heterocycles. The molecule has 2 rings (SSSR count). The number of amides is 2. The van der Waals surface area contributed by atoms with Crippen molar-refractivity contribution in [3.8, 4) is 0 Å². The third kappa shape index (κ3) is 8.89. The molecule has 4 nitrogen and oxygen atoms in total. The van der Waals surface area contributed by atoms with Gasteiger partial charge in [0.25, 0.3) is 0 Å². The molecule has 0 aromatic heterocycles. The second-order valence-electron chi connectivity index (χ2n) is 6.06. The number of hydrogen-bond acceptors (Lipinski definition) is 2. The maximum atomic E-state index is 11.8. The molecular weight excluding hydrogens is 395 g/mol. The fourth-order valence-corrected chi connectivity index (χ4v) is 2.53. The predicted molar refractivity (Wildman–Crippen MR) is 116 cm³/mol. The summed E-state index contributed by atoms with van der Waals surface area (Å²) in [4.78, 5) is 23.5. The van der Waals surface area contributed by atoms with Gasteiger partial charge in [-0.25, -0.2) is 0 Å². The molecule has 0 saturated heterocycles. The molecule has 2 aromatic carbocycles. The van der Waals surface area contributed by atoms with Crippen LogP contribution in [0, 0.1) is 0 Å². The normalized spacial score (nSPS) is 11.1. The van der Waals surface area contributed by atoms with Crippen molar-refractivity contribution >= 4 is 47.2 Å². The van der Waals surface area contributed by atoms with Gasteiger partial charge in [-0.2, -0.15) is 0 Å². The minimum atomic E-state index is -0.148. The van der Waals surface area contributed by atoms with E-state index in [-0.39, 0.29) is 11.8 Å². The summed E-state index contributed by atoms with van der Waals surface area (Å²) < 4.78 is 0. The van der Waals surface area contributed by atoms with Crippen LogP contribution in [0.15, 0.2) is 60.7 Å². The van der Waals surface area contributed by atoms with Crippen molar-refractivity contribution in [3.05, 3.63) is 81.9 Å². The van der Waals surface area contributed by atoms with Gasteiger partial charge in [0.05, 0.1) is 0 Å². The van der Waals surface area contributed by atoms with Crippen LogP contribution in [0.4, 0.5) is 0 Å². The maximum Gasteiger partial charge on any atom is 0.243 e. The SMILES string of the molecule is O=C(C=Cc1ccc(Cl)cc1)NCCCCNC(=O)C=Cc1ccc(Cl)cc1. The first-order valence-electron chi connectivity index (χ1n) is 8.96. The van der Waals surface area contributed by atoms with Gasteiger partial charge in [0.2, 0.25) is 11.8 Å². The van der Waals surface area contributed by atoms with Crippen molar-refractivity contribution < 1.29 is 9.59 Å². The molecule has 0 aliphatic rings. The number of halogens is 2. The highest BCUT2D eigenvalue weighted by atomic mass is 35.5. The summed E-state index contributed by atoms with van der Waals surface area (Å²) >= 11 is 11.6. The molecule has 146 valence electrons. The molecule has 0 spiro atoms. The van der Waals surface area contributed by atoms with Gasteiger partial charge in [0.1, 0.15) is 0 Å².